The average molecular weight is 262 g/mol. The number of ether oxygens (including phenoxy) is 1. The molecule has 0 aromatic heterocycles. The van der Waals surface area contributed by atoms with E-state index in [1.165, 1.54) is 22.3 Å². The summed E-state index contributed by atoms with van der Waals surface area (Å²) in [6, 6.07) is 2.38. The molecule has 108 valence electrons. The Morgan fingerprint density at radius 2 is 1.58 bits per heavy atom. The zero-order chi connectivity index (χ0) is 14.8. The zero-order valence-electron chi connectivity index (χ0n) is 14.0. The van der Waals surface area contributed by atoms with Crippen molar-refractivity contribution in [3.8, 4) is 5.75 Å². The van der Waals surface area contributed by atoms with E-state index < -0.39 is 0 Å². The Kier molecular flexibility index (Phi) is 5.06. The molecule has 0 amide bonds. The molecule has 0 aliphatic carbocycles. The summed E-state index contributed by atoms with van der Waals surface area (Å²) in [5.41, 5.74) is 5.84. The minimum Gasteiger partial charge on any atom is -0.496 e. The van der Waals surface area contributed by atoms with E-state index in [0.717, 1.165) is 18.6 Å². The topological polar surface area (TPSA) is 9.23 Å². The van der Waals surface area contributed by atoms with Crippen molar-refractivity contribution < 1.29 is 4.74 Å². The van der Waals surface area contributed by atoms with Crippen LogP contribution in [0.15, 0.2) is 6.07 Å². The minimum absolute atomic E-state index is 0.116. The first-order valence-corrected chi connectivity index (χ1v) is 7.50. The lowest BCUT2D eigenvalue weighted by atomic mass is 9.79. The Labute approximate surface area is 119 Å². The van der Waals surface area contributed by atoms with Gasteiger partial charge in [0.2, 0.25) is 0 Å². The molecule has 1 heteroatoms. The number of hydrogen-bond acceptors (Lipinski definition) is 1. The van der Waals surface area contributed by atoms with Crippen molar-refractivity contribution in [2.45, 2.75) is 72.6 Å². The van der Waals surface area contributed by atoms with E-state index >= 15 is 0 Å². The van der Waals surface area contributed by atoms with Gasteiger partial charge in [0, 0.05) is 5.56 Å². The summed E-state index contributed by atoms with van der Waals surface area (Å²) in [6.45, 7) is 15.8. The van der Waals surface area contributed by atoms with Crippen LogP contribution in [0.5, 0.6) is 5.75 Å². The summed E-state index contributed by atoms with van der Waals surface area (Å²) < 4.78 is 5.77. The Morgan fingerprint density at radius 1 is 1.05 bits per heavy atom. The third-order valence-electron chi connectivity index (χ3n) is 3.87. The lowest BCUT2D eigenvalue weighted by Gasteiger charge is -2.28. The van der Waals surface area contributed by atoms with E-state index in [-0.39, 0.29) is 5.41 Å². The smallest absolute Gasteiger partial charge is 0.126 e. The van der Waals surface area contributed by atoms with Crippen LogP contribution in [0.2, 0.25) is 0 Å². The molecular weight excluding hydrogens is 232 g/mol. The van der Waals surface area contributed by atoms with E-state index in [9.17, 15) is 0 Å². The highest BCUT2D eigenvalue weighted by molar-refractivity contribution is 5.54. The molecule has 0 heterocycles. The molecule has 0 spiro atoms. The molecule has 0 atom stereocenters. The van der Waals surface area contributed by atoms with E-state index in [2.05, 4.69) is 54.5 Å². The maximum atomic E-state index is 5.77. The van der Waals surface area contributed by atoms with Crippen LogP contribution < -0.4 is 4.74 Å². The van der Waals surface area contributed by atoms with Gasteiger partial charge in [-0.25, -0.2) is 0 Å². The molecule has 1 aromatic carbocycles. The second kappa shape index (κ2) is 5.98. The van der Waals surface area contributed by atoms with Gasteiger partial charge in [-0.1, -0.05) is 54.5 Å². The highest BCUT2D eigenvalue weighted by atomic mass is 16.5. The van der Waals surface area contributed by atoms with E-state index in [0.29, 0.717) is 5.92 Å². The van der Waals surface area contributed by atoms with E-state index in [4.69, 9.17) is 4.74 Å². The van der Waals surface area contributed by atoms with Gasteiger partial charge in [0.05, 0.1) is 7.11 Å². The molecule has 1 nitrogen and oxygen atoms in total. The van der Waals surface area contributed by atoms with Crippen molar-refractivity contribution in [1.29, 1.82) is 0 Å². The minimum atomic E-state index is 0.116. The van der Waals surface area contributed by atoms with Crippen LogP contribution in [0.4, 0.5) is 0 Å². The lowest BCUT2D eigenvalue weighted by Crippen LogP contribution is -2.16. The summed E-state index contributed by atoms with van der Waals surface area (Å²) in [4.78, 5) is 0. The molecule has 0 saturated heterocycles. The van der Waals surface area contributed by atoms with Crippen LogP contribution in [0.1, 0.15) is 76.6 Å². The third-order valence-corrected chi connectivity index (χ3v) is 3.87. The van der Waals surface area contributed by atoms with Gasteiger partial charge < -0.3 is 4.74 Å². The SMILES string of the molecule is CCc1c(C(C)C)cc(C(C)(C)C)c(OC)c1CC. The van der Waals surface area contributed by atoms with Gasteiger partial charge in [0.15, 0.2) is 0 Å². The van der Waals surface area contributed by atoms with Crippen LogP contribution in [-0.4, -0.2) is 7.11 Å². The number of benzene rings is 1. The van der Waals surface area contributed by atoms with Crippen molar-refractivity contribution in [3.05, 3.63) is 28.3 Å². The lowest BCUT2D eigenvalue weighted by molar-refractivity contribution is 0.391. The molecule has 0 N–H and O–H groups in total. The summed E-state index contributed by atoms with van der Waals surface area (Å²) >= 11 is 0. The molecular formula is C18H30O. The van der Waals surface area contributed by atoms with Gasteiger partial charge in [0.1, 0.15) is 5.75 Å². The predicted molar refractivity (Wildman–Crippen MR) is 84.5 cm³/mol. The first-order chi connectivity index (χ1) is 8.77. The van der Waals surface area contributed by atoms with Gasteiger partial charge >= 0.3 is 0 Å². The highest BCUT2D eigenvalue weighted by Crippen LogP contribution is 2.40. The maximum absolute atomic E-state index is 5.77. The van der Waals surface area contributed by atoms with Crippen LogP contribution >= 0.6 is 0 Å². The quantitative estimate of drug-likeness (QED) is 0.721. The maximum Gasteiger partial charge on any atom is 0.126 e. The normalized spacial score (nSPS) is 12.1. The van der Waals surface area contributed by atoms with Gasteiger partial charge in [-0.15, -0.1) is 0 Å². The van der Waals surface area contributed by atoms with Crippen LogP contribution in [0.25, 0.3) is 0 Å². The second-order valence-electron chi connectivity index (χ2n) is 6.62. The molecule has 0 radical (unpaired) electrons. The zero-order valence-corrected chi connectivity index (χ0v) is 14.0. The van der Waals surface area contributed by atoms with Crippen molar-refractivity contribution in [2.75, 3.05) is 7.11 Å². The number of methoxy groups -OCH3 is 1. The fourth-order valence-corrected chi connectivity index (χ4v) is 2.88. The first kappa shape index (κ1) is 16.1. The molecule has 1 aromatic rings. The van der Waals surface area contributed by atoms with Gasteiger partial charge in [-0.05, 0) is 40.9 Å². The molecule has 0 fully saturated rings. The molecule has 19 heavy (non-hydrogen) atoms. The monoisotopic (exact) mass is 262 g/mol. The largest absolute Gasteiger partial charge is 0.496 e. The van der Waals surface area contributed by atoms with Gasteiger partial charge in [-0.2, -0.15) is 0 Å². The van der Waals surface area contributed by atoms with Crippen LogP contribution in [0, 0.1) is 0 Å². The molecule has 1 rings (SSSR count). The summed E-state index contributed by atoms with van der Waals surface area (Å²) in [5, 5.41) is 0. The van der Waals surface area contributed by atoms with E-state index in [1.807, 2.05) is 0 Å². The van der Waals surface area contributed by atoms with Crippen molar-refractivity contribution in [2.24, 2.45) is 0 Å². The Morgan fingerprint density at radius 3 is 1.89 bits per heavy atom. The average Bonchev–Trinajstić information content (AvgIpc) is 2.34. The fraction of sp³-hybridized carbons (Fsp3) is 0.667. The first-order valence-electron chi connectivity index (χ1n) is 7.50. The number of hydrogen-bond donors (Lipinski definition) is 0. The van der Waals surface area contributed by atoms with Gasteiger partial charge in [0.25, 0.3) is 0 Å². The fourth-order valence-electron chi connectivity index (χ4n) is 2.88. The third kappa shape index (κ3) is 3.13. The van der Waals surface area contributed by atoms with Crippen LogP contribution in [-0.2, 0) is 18.3 Å². The second-order valence-corrected chi connectivity index (χ2v) is 6.62. The molecule has 0 saturated carbocycles. The standard InChI is InChI=1S/C18H30O/c1-9-13-14(10-2)17(19-8)16(18(5,6)7)11-15(13)12(3)4/h11-12H,9-10H2,1-8H3. The van der Waals surface area contributed by atoms with Crippen molar-refractivity contribution in [3.63, 3.8) is 0 Å². The summed E-state index contributed by atoms with van der Waals surface area (Å²) in [7, 11) is 1.80. The molecule has 0 aliphatic rings. The van der Waals surface area contributed by atoms with Crippen LogP contribution in [0.3, 0.4) is 0 Å². The van der Waals surface area contributed by atoms with Gasteiger partial charge in [-0.3, -0.25) is 0 Å². The Hall–Kier alpha value is -0.980. The number of rotatable bonds is 4. The summed E-state index contributed by atoms with van der Waals surface area (Å²) in [5.74, 6) is 1.67. The highest BCUT2D eigenvalue weighted by Gasteiger charge is 2.25. The Balaban J connectivity index is 3.71. The predicted octanol–water partition coefficient (Wildman–Crippen LogP) is 5.24. The molecule has 0 unspecified atom stereocenters. The Bertz CT molecular complexity index is 436. The summed E-state index contributed by atoms with van der Waals surface area (Å²) in [6.07, 6.45) is 2.12. The van der Waals surface area contributed by atoms with Crippen molar-refractivity contribution >= 4 is 0 Å². The van der Waals surface area contributed by atoms with Crippen molar-refractivity contribution in [1.82, 2.24) is 0 Å². The molecule has 0 aliphatic heterocycles. The molecule has 0 bridgehead atoms. The van der Waals surface area contributed by atoms with E-state index in [1.54, 1.807) is 7.11 Å².